The van der Waals surface area contributed by atoms with Crippen molar-refractivity contribution in [1.29, 1.82) is 0 Å². The van der Waals surface area contributed by atoms with Crippen LogP contribution in [0, 0.1) is 5.82 Å². The van der Waals surface area contributed by atoms with E-state index < -0.39 is 11.8 Å². The summed E-state index contributed by atoms with van der Waals surface area (Å²) in [6.45, 7) is -0.0995. The maximum atomic E-state index is 13.8. The van der Waals surface area contributed by atoms with Gasteiger partial charge in [-0.15, -0.1) is 0 Å². The molecule has 0 unspecified atom stereocenters. The van der Waals surface area contributed by atoms with Crippen molar-refractivity contribution in [3.8, 4) is 11.5 Å². The van der Waals surface area contributed by atoms with Crippen LogP contribution in [0.5, 0.6) is 11.5 Å². The number of hydrogen-bond donors (Lipinski definition) is 1. The number of benzene rings is 2. The van der Waals surface area contributed by atoms with Crippen molar-refractivity contribution in [3.63, 3.8) is 0 Å². The van der Waals surface area contributed by atoms with E-state index in [1.165, 1.54) is 37.4 Å². The molecule has 0 atom stereocenters. The molecule has 0 saturated heterocycles. The molecule has 2 aromatic rings. The number of carboxylic acids is 1. The first-order valence-electron chi connectivity index (χ1n) is 5.99. The van der Waals surface area contributed by atoms with Crippen LogP contribution >= 0.6 is 11.6 Å². The highest BCUT2D eigenvalue weighted by Gasteiger charge is 2.13. The number of hydrogen-bond acceptors (Lipinski definition) is 3. The molecule has 1 N–H and O–H groups in total. The monoisotopic (exact) mass is 310 g/mol. The molecule has 0 aliphatic heterocycles. The Bertz CT molecular complexity index is 673. The smallest absolute Gasteiger partial charge is 0.339 e. The Morgan fingerprint density at radius 1 is 1.29 bits per heavy atom. The number of aromatic carboxylic acids is 1. The van der Waals surface area contributed by atoms with Crippen LogP contribution < -0.4 is 9.47 Å². The summed E-state index contributed by atoms with van der Waals surface area (Å²) < 4.78 is 24.0. The number of ether oxygens (including phenoxy) is 2. The van der Waals surface area contributed by atoms with Crippen LogP contribution in [0.2, 0.25) is 5.02 Å². The van der Waals surface area contributed by atoms with Gasteiger partial charge in [0.1, 0.15) is 29.5 Å². The van der Waals surface area contributed by atoms with E-state index in [0.29, 0.717) is 11.3 Å². The van der Waals surface area contributed by atoms with Gasteiger partial charge in [-0.2, -0.15) is 0 Å². The zero-order chi connectivity index (χ0) is 15.4. The average Bonchev–Trinajstić information content (AvgIpc) is 2.46. The first-order chi connectivity index (χ1) is 10.0. The number of halogens is 2. The standard InChI is InChI=1S/C15H12ClFO4/c1-20-11-4-2-9(13(17)7-11)8-21-14-5-3-10(16)6-12(14)15(18)19/h2-7H,8H2,1H3,(H,18,19). The van der Waals surface area contributed by atoms with Gasteiger partial charge >= 0.3 is 5.97 Å². The average molecular weight is 311 g/mol. The lowest BCUT2D eigenvalue weighted by atomic mass is 10.2. The van der Waals surface area contributed by atoms with Gasteiger partial charge in [0, 0.05) is 16.7 Å². The Morgan fingerprint density at radius 3 is 2.67 bits per heavy atom. The third-order valence-corrected chi connectivity index (χ3v) is 3.05. The van der Waals surface area contributed by atoms with Crippen molar-refractivity contribution in [2.45, 2.75) is 6.61 Å². The first kappa shape index (κ1) is 15.1. The zero-order valence-corrected chi connectivity index (χ0v) is 11.9. The summed E-state index contributed by atoms with van der Waals surface area (Å²) in [5.41, 5.74) is 0.221. The molecule has 110 valence electrons. The summed E-state index contributed by atoms with van der Waals surface area (Å²) in [5.74, 6) is -1.13. The molecule has 2 aromatic carbocycles. The second-order valence-electron chi connectivity index (χ2n) is 4.19. The summed E-state index contributed by atoms with van der Waals surface area (Å²) in [4.78, 5) is 11.1. The summed E-state index contributed by atoms with van der Waals surface area (Å²) in [6.07, 6.45) is 0. The van der Waals surface area contributed by atoms with Crippen molar-refractivity contribution in [2.75, 3.05) is 7.11 Å². The van der Waals surface area contributed by atoms with Gasteiger partial charge in [-0.25, -0.2) is 9.18 Å². The molecule has 0 spiro atoms. The molecule has 0 bridgehead atoms. The third kappa shape index (κ3) is 3.64. The highest BCUT2D eigenvalue weighted by molar-refractivity contribution is 6.31. The summed E-state index contributed by atoms with van der Waals surface area (Å²) in [7, 11) is 1.44. The second-order valence-corrected chi connectivity index (χ2v) is 4.63. The van der Waals surface area contributed by atoms with Gasteiger partial charge in [0.25, 0.3) is 0 Å². The van der Waals surface area contributed by atoms with Crippen molar-refractivity contribution in [3.05, 3.63) is 58.4 Å². The Balaban J connectivity index is 2.18. The molecule has 0 aromatic heterocycles. The number of methoxy groups -OCH3 is 1. The molecule has 0 amide bonds. The molecule has 0 saturated carbocycles. The molecular formula is C15H12ClFO4. The van der Waals surface area contributed by atoms with E-state index in [4.69, 9.17) is 26.2 Å². The summed E-state index contributed by atoms with van der Waals surface area (Å²) >= 11 is 5.74. The van der Waals surface area contributed by atoms with Gasteiger partial charge in [0.05, 0.1) is 7.11 Å². The van der Waals surface area contributed by atoms with Crippen LogP contribution in [0.3, 0.4) is 0 Å². The van der Waals surface area contributed by atoms with Gasteiger partial charge in [0.2, 0.25) is 0 Å². The summed E-state index contributed by atoms with van der Waals surface area (Å²) in [6, 6.07) is 8.58. The molecule has 0 radical (unpaired) electrons. The molecule has 0 fully saturated rings. The van der Waals surface area contributed by atoms with E-state index in [1.807, 2.05) is 0 Å². The van der Waals surface area contributed by atoms with Gasteiger partial charge < -0.3 is 14.6 Å². The highest BCUT2D eigenvalue weighted by atomic mass is 35.5. The maximum absolute atomic E-state index is 13.8. The molecule has 6 heteroatoms. The van der Waals surface area contributed by atoms with Gasteiger partial charge in [-0.1, -0.05) is 11.6 Å². The first-order valence-corrected chi connectivity index (χ1v) is 6.37. The van der Waals surface area contributed by atoms with E-state index in [2.05, 4.69) is 0 Å². The SMILES string of the molecule is COc1ccc(COc2ccc(Cl)cc2C(=O)O)c(F)c1. The topological polar surface area (TPSA) is 55.8 Å². The number of carboxylic acid groups (broad SMARTS) is 1. The molecule has 2 rings (SSSR count). The Labute approximate surface area is 125 Å². The highest BCUT2D eigenvalue weighted by Crippen LogP contribution is 2.25. The van der Waals surface area contributed by atoms with Crippen LogP contribution in [-0.4, -0.2) is 18.2 Å². The molecule has 0 aliphatic rings. The lowest BCUT2D eigenvalue weighted by Gasteiger charge is -2.10. The maximum Gasteiger partial charge on any atom is 0.339 e. The predicted molar refractivity (Wildman–Crippen MR) is 75.7 cm³/mol. The second kappa shape index (κ2) is 6.45. The Hall–Kier alpha value is -2.27. The fourth-order valence-electron chi connectivity index (χ4n) is 1.72. The van der Waals surface area contributed by atoms with Gasteiger partial charge in [0.15, 0.2) is 0 Å². The molecular weight excluding hydrogens is 299 g/mol. The third-order valence-electron chi connectivity index (χ3n) is 2.82. The van der Waals surface area contributed by atoms with Gasteiger partial charge in [-0.3, -0.25) is 0 Å². The van der Waals surface area contributed by atoms with Crippen molar-refractivity contribution in [1.82, 2.24) is 0 Å². The van der Waals surface area contributed by atoms with E-state index in [9.17, 15) is 9.18 Å². The minimum atomic E-state index is -1.16. The Kier molecular flexibility index (Phi) is 4.65. The fraction of sp³-hybridized carbons (Fsp3) is 0.133. The fourth-order valence-corrected chi connectivity index (χ4v) is 1.89. The van der Waals surface area contributed by atoms with E-state index in [-0.39, 0.29) is 22.9 Å². The minimum absolute atomic E-state index is 0.0728. The molecule has 0 aliphatic carbocycles. The van der Waals surface area contributed by atoms with Gasteiger partial charge in [-0.05, 0) is 30.3 Å². The normalized spacial score (nSPS) is 10.2. The molecule has 4 nitrogen and oxygen atoms in total. The van der Waals surface area contributed by atoms with E-state index >= 15 is 0 Å². The predicted octanol–water partition coefficient (Wildman–Crippen LogP) is 3.76. The summed E-state index contributed by atoms with van der Waals surface area (Å²) in [5, 5.41) is 9.37. The lowest BCUT2D eigenvalue weighted by Crippen LogP contribution is -2.04. The van der Waals surface area contributed by atoms with E-state index in [0.717, 1.165) is 0 Å². The van der Waals surface area contributed by atoms with E-state index in [1.54, 1.807) is 6.07 Å². The zero-order valence-electron chi connectivity index (χ0n) is 11.1. The lowest BCUT2D eigenvalue weighted by molar-refractivity contribution is 0.0691. The largest absolute Gasteiger partial charge is 0.497 e. The van der Waals surface area contributed by atoms with Crippen LogP contribution in [0.25, 0.3) is 0 Å². The van der Waals surface area contributed by atoms with Crippen LogP contribution in [0.15, 0.2) is 36.4 Å². The van der Waals surface area contributed by atoms with Crippen LogP contribution in [-0.2, 0) is 6.61 Å². The van der Waals surface area contributed by atoms with Crippen molar-refractivity contribution in [2.24, 2.45) is 0 Å². The van der Waals surface area contributed by atoms with Crippen molar-refractivity contribution >= 4 is 17.6 Å². The number of carbonyl (C=O) groups is 1. The van der Waals surface area contributed by atoms with Crippen molar-refractivity contribution < 1.29 is 23.8 Å². The van der Waals surface area contributed by atoms with Crippen LogP contribution in [0.1, 0.15) is 15.9 Å². The quantitative estimate of drug-likeness (QED) is 0.913. The molecule has 21 heavy (non-hydrogen) atoms. The number of rotatable bonds is 5. The minimum Gasteiger partial charge on any atom is -0.497 e. The Morgan fingerprint density at radius 2 is 2.05 bits per heavy atom. The molecule has 0 heterocycles. The van der Waals surface area contributed by atoms with Crippen LogP contribution in [0.4, 0.5) is 4.39 Å².